The SMILES string of the molecule is CN(Cc1cc(F)ccc1N)C(C)(C)CO. The van der Waals surface area contributed by atoms with E-state index in [1.54, 1.807) is 6.07 Å². The second-order valence-corrected chi connectivity index (χ2v) is 4.67. The summed E-state index contributed by atoms with van der Waals surface area (Å²) in [4.78, 5) is 1.94. The third kappa shape index (κ3) is 2.93. The van der Waals surface area contributed by atoms with Crippen molar-refractivity contribution in [2.45, 2.75) is 25.9 Å². The Morgan fingerprint density at radius 3 is 2.62 bits per heavy atom. The normalized spacial score (nSPS) is 12.1. The van der Waals surface area contributed by atoms with Crippen molar-refractivity contribution in [2.24, 2.45) is 0 Å². The molecular formula is C12H19FN2O. The molecule has 0 atom stereocenters. The van der Waals surface area contributed by atoms with Crippen molar-refractivity contribution in [1.29, 1.82) is 0 Å². The van der Waals surface area contributed by atoms with Crippen molar-refractivity contribution in [1.82, 2.24) is 4.90 Å². The number of nitrogens with two attached hydrogens (primary N) is 1. The lowest BCUT2D eigenvalue weighted by atomic mass is 10.0. The molecule has 0 aliphatic heterocycles. The summed E-state index contributed by atoms with van der Waals surface area (Å²) in [5, 5.41) is 9.22. The quantitative estimate of drug-likeness (QED) is 0.767. The van der Waals surface area contributed by atoms with Gasteiger partial charge in [-0.15, -0.1) is 0 Å². The number of aliphatic hydroxyl groups is 1. The van der Waals surface area contributed by atoms with Crippen LogP contribution in [0.15, 0.2) is 18.2 Å². The van der Waals surface area contributed by atoms with Gasteiger partial charge in [-0.1, -0.05) is 0 Å². The summed E-state index contributed by atoms with van der Waals surface area (Å²) >= 11 is 0. The topological polar surface area (TPSA) is 49.5 Å². The number of aliphatic hydroxyl groups excluding tert-OH is 1. The molecule has 16 heavy (non-hydrogen) atoms. The van der Waals surface area contributed by atoms with E-state index in [1.165, 1.54) is 12.1 Å². The van der Waals surface area contributed by atoms with Gasteiger partial charge in [-0.2, -0.15) is 0 Å². The number of likely N-dealkylation sites (N-methyl/N-ethyl adjacent to an activating group) is 1. The Morgan fingerprint density at radius 2 is 2.06 bits per heavy atom. The van der Waals surface area contributed by atoms with Crippen LogP contribution in [-0.4, -0.2) is 29.2 Å². The molecule has 0 bridgehead atoms. The molecule has 0 saturated heterocycles. The summed E-state index contributed by atoms with van der Waals surface area (Å²) in [6.45, 7) is 4.39. The fraction of sp³-hybridized carbons (Fsp3) is 0.500. The van der Waals surface area contributed by atoms with Gasteiger partial charge in [0.2, 0.25) is 0 Å². The predicted octanol–water partition coefficient (Wildman–Crippen LogP) is 1.61. The maximum absolute atomic E-state index is 13.1. The largest absolute Gasteiger partial charge is 0.398 e. The zero-order valence-corrected chi connectivity index (χ0v) is 10.00. The molecule has 1 aromatic rings. The van der Waals surface area contributed by atoms with Gasteiger partial charge in [0, 0.05) is 17.8 Å². The minimum atomic E-state index is -0.348. The van der Waals surface area contributed by atoms with Crippen molar-refractivity contribution in [3.63, 3.8) is 0 Å². The first kappa shape index (κ1) is 12.9. The first-order valence-corrected chi connectivity index (χ1v) is 5.23. The molecule has 1 rings (SSSR count). The Balaban J connectivity index is 2.84. The van der Waals surface area contributed by atoms with E-state index in [0.717, 1.165) is 5.56 Å². The number of hydrogen-bond acceptors (Lipinski definition) is 3. The van der Waals surface area contributed by atoms with Crippen LogP contribution in [0.25, 0.3) is 0 Å². The Hall–Kier alpha value is -1.13. The van der Waals surface area contributed by atoms with Crippen LogP contribution >= 0.6 is 0 Å². The minimum absolute atomic E-state index is 0.0404. The molecule has 0 spiro atoms. The summed E-state index contributed by atoms with van der Waals surface area (Å²) in [5.41, 5.74) is 6.73. The van der Waals surface area contributed by atoms with Crippen LogP contribution in [0.4, 0.5) is 10.1 Å². The van der Waals surface area contributed by atoms with Crippen molar-refractivity contribution in [3.05, 3.63) is 29.6 Å². The molecule has 0 aromatic heterocycles. The summed E-state index contributed by atoms with van der Waals surface area (Å²) in [7, 11) is 1.88. The highest BCUT2D eigenvalue weighted by Gasteiger charge is 2.22. The molecular weight excluding hydrogens is 207 g/mol. The smallest absolute Gasteiger partial charge is 0.123 e. The molecule has 90 valence electrons. The number of benzene rings is 1. The molecule has 0 amide bonds. The highest BCUT2D eigenvalue weighted by atomic mass is 19.1. The van der Waals surface area contributed by atoms with Crippen molar-refractivity contribution >= 4 is 5.69 Å². The Kier molecular flexibility index (Phi) is 3.88. The highest BCUT2D eigenvalue weighted by molar-refractivity contribution is 5.46. The molecule has 0 aliphatic carbocycles. The van der Waals surface area contributed by atoms with Crippen LogP contribution in [-0.2, 0) is 6.54 Å². The van der Waals surface area contributed by atoms with E-state index in [-0.39, 0.29) is 18.0 Å². The Bertz CT molecular complexity index is 366. The number of anilines is 1. The molecule has 4 heteroatoms. The van der Waals surface area contributed by atoms with Gasteiger partial charge in [0.25, 0.3) is 0 Å². The average molecular weight is 226 g/mol. The van der Waals surface area contributed by atoms with E-state index in [2.05, 4.69) is 0 Å². The van der Waals surface area contributed by atoms with Gasteiger partial charge in [0.1, 0.15) is 5.82 Å². The standard InChI is InChI=1S/C12H19FN2O/c1-12(2,8-16)15(3)7-9-6-10(13)4-5-11(9)14/h4-6,16H,7-8,14H2,1-3H3. The first-order valence-electron chi connectivity index (χ1n) is 5.23. The molecule has 0 unspecified atom stereocenters. The van der Waals surface area contributed by atoms with Gasteiger partial charge in [0.15, 0.2) is 0 Å². The van der Waals surface area contributed by atoms with Crippen LogP contribution in [0.5, 0.6) is 0 Å². The average Bonchev–Trinajstić information content (AvgIpc) is 2.23. The third-order valence-corrected chi connectivity index (χ3v) is 2.93. The van der Waals surface area contributed by atoms with Crippen molar-refractivity contribution in [3.8, 4) is 0 Å². The van der Waals surface area contributed by atoms with Gasteiger partial charge in [0.05, 0.1) is 6.61 Å². The molecule has 3 N–H and O–H groups in total. The van der Waals surface area contributed by atoms with Gasteiger partial charge < -0.3 is 10.8 Å². The fourth-order valence-corrected chi connectivity index (χ4v) is 1.30. The maximum Gasteiger partial charge on any atom is 0.123 e. The second kappa shape index (κ2) is 4.80. The molecule has 3 nitrogen and oxygen atoms in total. The molecule has 0 heterocycles. The monoisotopic (exact) mass is 226 g/mol. The van der Waals surface area contributed by atoms with E-state index in [4.69, 9.17) is 5.73 Å². The summed E-state index contributed by atoms with van der Waals surface area (Å²) in [6, 6.07) is 4.33. The molecule has 0 aliphatic rings. The van der Waals surface area contributed by atoms with Crippen LogP contribution < -0.4 is 5.73 Å². The fourth-order valence-electron chi connectivity index (χ4n) is 1.30. The molecule has 1 aromatic carbocycles. The zero-order valence-electron chi connectivity index (χ0n) is 10.00. The number of nitrogens with zero attached hydrogens (tertiary/aromatic N) is 1. The maximum atomic E-state index is 13.1. The lowest BCUT2D eigenvalue weighted by molar-refractivity contribution is 0.0735. The van der Waals surface area contributed by atoms with E-state index in [0.29, 0.717) is 12.2 Å². The second-order valence-electron chi connectivity index (χ2n) is 4.67. The van der Waals surface area contributed by atoms with E-state index < -0.39 is 0 Å². The van der Waals surface area contributed by atoms with Gasteiger partial charge >= 0.3 is 0 Å². The number of nitrogen functional groups attached to an aromatic ring is 1. The van der Waals surface area contributed by atoms with Gasteiger partial charge in [-0.3, -0.25) is 4.90 Å². The van der Waals surface area contributed by atoms with Crippen molar-refractivity contribution < 1.29 is 9.50 Å². The van der Waals surface area contributed by atoms with Crippen LogP contribution in [0.1, 0.15) is 19.4 Å². The summed E-state index contributed by atoms with van der Waals surface area (Å²) in [5.74, 6) is -0.292. The lowest BCUT2D eigenvalue weighted by Gasteiger charge is -2.34. The lowest BCUT2D eigenvalue weighted by Crippen LogP contribution is -2.43. The number of rotatable bonds is 4. The summed E-state index contributed by atoms with van der Waals surface area (Å²) < 4.78 is 13.1. The zero-order chi connectivity index (χ0) is 12.3. The minimum Gasteiger partial charge on any atom is -0.398 e. The number of halogens is 1. The first-order chi connectivity index (χ1) is 7.36. The third-order valence-electron chi connectivity index (χ3n) is 2.93. The van der Waals surface area contributed by atoms with Crippen LogP contribution in [0.2, 0.25) is 0 Å². The highest BCUT2D eigenvalue weighted by Crippen LogP contribution is 2.19. The van der Waals surface area contributed by atoms with Crippen molar-refractivity contribution in [2.75, 3.05) is 19.4 Å². The molecule has 0 saturated carbocycles. The summed E-state index contributed by atoms with van der Waals surface area (Å²) in [6.07, 6.45) is 0. The van der Waals surface area contributed by atoms with Gasteiger partial charge in [-0.05, 0) is 44.7 Å². The molecule has 0 fully saturated rings. The van der Waals surface area contributed by atoms with Gasteiger partial charge in [-0.25, -0.2) is 4.39 Å². The molecule has 0 radical (unpaired) electrons. The van der Waals surface area contributed by atoms with E-state index in [9.17, 15) is 9.50 Å². The predicted molar refractivity (Wildman–Crippen MR) is 63.4 cm³/mol. The van der Waals surface area contributed by atoms with Crippen LogP contribution in [0, 0.1) is 5.82 Å². The van der Waals surface area contributed by atoms with Crippen LogP contribution in [0.3, 0.4) is 0 Å². The Labute approximate surface area is 95.7 Å². The van der Waals surface area contributed by atoms with E-state index in [1.807, 2.05) is 25.8 Å². The van der Waals surface area contributed by atoms with E-state index >= 15 is 0 Å². The number of hydrogen-bond donors (Lipinski definition) is 2. The Morgan fingerprint density at radius 1 is 1.44 bits per heavy atom.